The maximum atomic E-state index is 11.5. The third kappa shape index (κ3) is 3.47. The van der Waals surface area contributed by atoms with Crippen molar-refractivity contribution >= 4 is 17.2 Å². The molecule has 0 saturated heterocycles. The Hall–Kier alpha value is -0.870. The normalized spacial score (nSPS) is 12.4. The smallest absolute Gasteiger partial charge is 0.237 e. The standard InChI is InChI=1S/C10H16N2OS/c1-3-11-8(2)10(13)12-7-9-5-4-6-14-9/h4-6,8,11H,3,7H2,1-2H3,(H,12,13)/t8-/m0/s1. The Morgan fingerprint density at radius 1 is 1.64 bits per heavy atom. The first-order valence-electron chi connectivity index (χ1n) is 4.77. The van der Waals surface area contributed by atoms with Gasteiger partial charge in [0.15, 0.2) is 0 Å². The van der Waals surface area contributed by atoms with Crippen LogP contribution in [-0.4, -0.2) is 18.5 Å². The lowest BCUT2D eigenvalue weighted by atomic mass is 10.3. The molecule has 3 nitrogen and oxygen atoms in total. The monoisotopic (exact) mass is 212 g/mol. The molecule has 0 aliphatic heterocycles. The molecule has 0 spiro atoms. The summed E-state index contributed by atoms with van der Waals surface area (Å²) < 4.78 is 0. The van der Waals surface area contributed by atoms with Gasteiger partial charge in [-0.2, -0.15) is 0 Å². The molecule has 0 aromatic carbocycles. The van der Waals surface area contributed by atoms with Crippen LogP contribution in [0.25, 0.3) is 0 Å². The van der Waals surface area contributed by atoms with Crippen LogP contribution >= 0.6 is 11.3 Å². The highest BCUT2D eigenvalue weighted by Gasteiger charge is 2.09. The highest BCUT2D eigenvalue weighted by Crippen LogP contribution is 2.07. The van der Waals surface area contributed by atoms with E-state index in [0.29, 0.717) is 6.54 Å². The van der Waals surface area contributed by atoms with Crippen LogP contribution in [0.5, 0.6) is 0 Å². The van der Waals surface area contributed by atoms with Gasteiger partial charge in [-0.05, 0) is 24.9 Å². The number of thiophene rings is 1. The molecule has 0 saturated carbocycles. The van der Waals surface area contributed by atoms with Crippen LogP contribution in [0.4, 0.5) is 0 Å². The third-order valence-electron chi connectivity index (χ3n) is 1.92. The Bertz CT molecular complexity index is 272. The lowest BCUT2D eigenvalue weighted by Crippen LogP contribution is -2.41. The van der Waals surface area contributed by atoms with Crippen molar-refractivity contribution in [3.63, 3.8) is 0 Å². The maximum Gasteiger partial charge on any atom is 0.237 e. The van der Waals surface area contributed by atoms with Crippen molar-refractivity contribution in [3.8, 4) is 0 Å². The number of nitrogens with one attached hydrogen (secondary N) is 2. The Labute approximate surface area is 88.5 Å². The summed E-state index contributed by atoms with van der Waals surface area (Å²) in [4.78, 5) is 12.6. The van der Waals surface area contributed by atoms with Crippen molar-refractivity contribution < 1.29 is 4.79 Å². The topological polar surface area (TPSA) is 41.1 Å². The van der Waals surface area contributed by atoms with E-state index in [1.54, 1.807) is 11.3 Å². The first-order valence-corrected chi connectivity index (χ1v) is 5.65. The Balaban J connectivity index is 2.27. The predicted octanol–water partition coefficient (Wildman–Crippen LogP) is 1.36. The van der Waals surface area contributed by atoms with Crippen LogP contribution in [0.1, 0.15) is 18.7 Å². The number of hydrogen-bond donors (Lipinski definition) is 2. The average Bonchev–Trinajstić information content (AvgIpc) is 2.67. The molecule has 1 aromatic heterocycles. The summed E-state index contributed by atoms with van der Waals surface area (Å²) in [7, 11) is 0. The molecule has 0 aliphatic carbocycles. The van der Waals surface area contributed by atoms with E-state index in [0.717, 1.165) is 6.54 Å². The number of amides is 1. The summed E-state index contributed by atoms with van der Waals surface area (Å²) in [5.41, 5.74) is 0. The molecule has 1 amide bonds. The van der Waals surface area contributed by atoms with E-state index in [1.807, 2.05) is 31.4 Å². The zero-order chi connectivity index (χ0) is 10.4. The first-order chi connectivity index (χ1) is 6.74. The SMILES string of the molecule is CCN[C@@H](C)C(=O)NCc1cccs1. The molecule has 0 unspecified atom stereocenters. The lowest BCUT2D eigenvalue weighted by Gasteiger charge is -2.11. The van der Waals surface area contributed by atoms with E-state index < -0.39 is 0 Å². The number of rotatable bonds is 5. The molecule has 1 heterocycles. The number of hydrogen-bond acceptors (Lipinski definition) is 3. The fraction of sp³-hybridized carbons (Fsp3) is 0.500. The van der Waals surface area contributed by atoms with Gasteiger partial charge in [-0.15, -0.1) is 11.3 Å². The molecule has 0 aliphatic rings. The van der Waals surface area contributed by atoms with Gasteiger partial charge in [-0.3, -0.25) is 4.79 Å². The summed E-state index contributed by atoms with van der Waals surface area (Å²) in [6.45, 7) is 5.30. The third-order valence-corrected chi connectivity index (χ3v) is 2.80. The largest absolute Gasteiger partial charge is 0.350 e. The second-order valence-corrected chi connectivity index (χ2v) is 4.11. The molecule has 4 heteroatoms. The molecule has 0 fully saturated rings. The zero-order valence-corrected chi connectivity index (χ0v) is 9.36. The zero-order valence-electron chi connectivity index (χ0n) is 8.54. The molecule has 1 aromatic rings. The van der Waals surface area contributed by atoms with E-state index in [2.05, 4.69) is 10.6 Å². The van der Waals surface area contributed by atoms with Gasteiger partial charge in [0.1, 0.15) is 0 Å². The van der Waals surface area contributed by atoms with Crippen molar-refractivity contribution in [1.29, 1.82) is 0 Å². The van der Waals surface area contributed by atoms with Crippen molar-refractivity contribution in [3.05, 3.63) is 22.4 Å². The van der Waals surface area contributed by atoms with Gasteiger partial charge < -0.3 is 10.6 Å². The molecule has 0 radical (unpaired) electrons. The summed E-state index contributed by atoms with van der Waals surface area (Å²) in [5.74, 6) is 0.0558. The van der Waals surface area contributed by atoms with Gasteiger partial charge >= 0.3 is 0 Å². The van der Waals surface area contributed by atoms with E-state index >= 15 is 0 Å². The minimum absolute atomic E-state index is 0.0558. The summed E-state index contributed by atoms with van der Waals surface area (Å²) in [6.07, 6.45) is 0. The molecule has 78 valence electrons. The predicted molar refractivity (Wildman–Crippen MR) is 59.3 cm³/mol. The van der Waals surface area contributed by atoms with Gasteiger partial charge in [0, 0.05) is 4.88 Å². The van der Waals surface area contributed by atoms with E-state index in [1.165, 1.54) is 4.88 Å². The molecule has 2 N–H and O–H groups in total. The fourth-order valence-corrected chi connectivity index (χ4v) is 1.78. The van der Waals surface area contributed by atoms with Crippen molar-refractivity contribution in [2.45, 2.75) is 26.4 Å². The second-order valence-electron chi connectivity index (χ2n) is 3.08. The summed E-state index contributed by atoms with van der Waals surface area (Å²) >= 11 is 1.65. The lowest BCUT2D eigenvalue weighted by molar-refractivity contribution is -0.122. The quantitative estimate of drug-likeness (QED) is 0.774. The van der Waals surface area contributed by atoms with Crippen LogP contribution in [0.3, 0.4) is 0 Å². The van der Waals surface area contributed by atoms with Gasteiger partial charge in [0.2, 0.25) is 5.91 Å². The van der Waals surface area contributed by atoms with E-state index in [-0.39, 0.29) is 11.9 Å². The Morgan fingerprint density at radius 3 is 3.00 bits per heavy atom. The Kier molecular flexibility index (Phi) is 4.62. The van der Waals surface area contributed by atoms with E-state index in [4.69, 9.17) is 0 Å². The highest BCUT2D eigenvalue weighted by molar-refractivity contribution is 7.09. The average molecular weight is 212 g/mol. The minimum atomic E-state index is -0.111. The molecule has 1 atom stereocenters. The first kappa shape index (κ1) is 11.2. The number of carbonyl (C=O) groups is 1. The fourth-order valence-electron chi connectivity index (χ4n) is 1.14. The van der Waals surface area contributed by atoms with Crippen LogP contribution in [0, 0.1) is 0 Å². The van der Waals surface area contributed by atoms with Crippen LogP contribution in [0.15, 0.2) is 17.5 Å². The number of likely N-dealkylation sites (N-methyl/N-ethyl adjacent to an activating group) is 1. The molecule has 1 rings (SSSR count). The summed E-state index contributed by atoms with van der Waals surface area (Å²) in [5, 5.41) is 7.95. The van der Waals surface area contributed by atoms with Crippen LogP contribution in [0.2, 0.25) is 0 Å². The van der Waals surface area contributed by atoms with Crippen molar-refractivity contribution in [2.75, 3.05) is 6.54 Å². The highest BCUT2D eigenvalue weighted by atomic mass is 32.1. The van der Waals surface area contributed by atoms with Crippen molar-refractivity contribution in [1.82, 2.24) is 10.6 Å². The van der Waals surface area contributed by atoms with Gasteiger partial charge in [0.05, 0.1) is 12.6 Å². The maximum absolute atomic E-state index is 11.5. The Morgan fingerprint density at radius 2 is 2.43 bits per heavy atom. The molecule has 14 heavy (non-hydrogen) atoms. The van der Waals surface area contributed by atoms with E-state index in [9.17, 15) is 4.79 Å². The number of carbonyl (C=O) groups excluding carboxylic acids is 1. The minimum Gasteiger partial charge on any atom is -0.350 e. The van der Waals surface area contributed by atoms with Gasteiger partial charge in [-0.25, -0.2) is 0 Å². The molecular weight excluding hydrogens is 196 g/mol. The molecular formula is C10H16N2OS. The van der Waals surface area contributed by atoms with Crippen LogP contribution < -0.4 is 10.6 Å². The summed E-state index contributed by atoms with van der Waals surface area (Å²) in [6, 6.07) is 3.89. The second kappa shape index (κ2) is 5.78. The van der Waals surface area contributed by atoms with Gasteiger partial charge in [0.25, 0.3) is 0 Å². The van der Waals surface area contributed by atoms with Crippen LogP contribution in [-0.2, 0) is 11.3 Å². The molecule has 0 bridgehead atoms. The van der Waals surface area contributed by atoms with Gasteiger partial charge in [-0.1, -0.05) is 13.0 Å². The van der Waals surface area contributed by atoms with Crippen molar-refractivity contribution in [2.24, 2.45) is 0 Å².